The number of rotatable bonds is 6. The van der Waals surface area contributed by atoms with Gasteiger partial charge in [-0.25, -0.2) is 4.98 Å². The molecule has 5 nitrogen and oxygen atoms in total. The van der Waals surface area contributed by atoms with Gasteiger partial charge in [0, 0.05) is 25.9 Å². The van der Waals surface area contributed by atoms with Gasteiger partial charge in [-0.15, -0.1) is 0 Å². The van der Waals surface area contributed by atoms with E-state index in [1.54, 1.807) is 0 Å². The molecule has 0 unspecified atom stereocenters. The van der Waals surface area contributed by atoms with Crippen LogP contribution in [0.4, 0.5) is 19.0 Å². The molecule has 1 saturated heterocycles. The highest BCUT2D eigenvalue weighted by atomic mass is 19.4. The Bertz CT molecular complexity index is 520. The SMILES string of the molecule is C[C@H]1CCO[C@@H]1C(=O)NCCCNc1ccc(C(F)(F)F)cn1. The Morgan fingerprint density at radius 1 is 1.39 bits per heavy atom. The summed E-state index contributed by atoms with van der Waals surface area (Å²) < 4.78 is 42.5. The molecule has 128 valence electrons. The molecule has 0 saturated carbocycles. The molecular weight excluding hydrogens is 311 g/mol. The van der Waals surface area contributed by atoms with Crippen LogP contribution < -0.4 is 10.6 Å². The lowest BCUT2D eigenvalue weighted by atomic mass is 10.0. The lowest BCUT2D eigenvalue weighted by Crippen LogP contribution is -2.38. The van der Waals surface area contributed by atoms with Crippen molar-refractivity contribution in [3.05, 3.63) is 23.9 Å². The van der Waals surface area contributed by atoms with Crippen molar-refractivity contribution < 1.29 is 22.7 Å². The quantitative estimate of drug-likeness (QED) is 0.786. The lowest BCUT2D eigenvalue weighted by molar-refractivity contribution is -0.137. The Morgan fingerprint density at radius 2 is 2.17 bits per heavy atom. The number of halogens is 3. The molecule has 2 N–H and O–H groups in total. The van der Waals surface area contributed by atoms with Crippen LogP contribution in [0.15, 0.2) is 18.3 Å². The van der Waals surface area contributed by atoms with Crippen molar-refractivity contribution in [2.24, 2.45) is 5.92 Å². The van der Waals surface area contributed by atoms with Crippen LogP contribution in [0.3, 0.4) is 0 Å². The van der Waals surface area contributed by atoms with Crippen molar-refractivity contribution in [3.8, 4) is 0 Å². The maximum Gasteiger partial charge on any atom is 0.417 e. The zero-order valence-corrected chi connectivity index (χ0v) is 12.8. The number of amides is 1. The maximum atomic E-state index is 12.4. The van der Waals surface area contributed by atoms with Gasteiger partial charge >= 0.3 is 6.18 Å². The summed E-state index contributed by atoms with van der Waals surface area (Å²) in [5, 5.41) is 5.71. The van der Waals surface area contributed by atoms with E-state index in [1.165, 1.54) is 6.07 Å². The number of carbonyl (C=O) groups excluding carboxylic acids is 1. The highest BCUT2D eigenvalue weighted by Gasteiger charge is 2.31. The highest BCUT2D eigenvalue weighted by molar-refractivity contribution is 5.81. The summed E-state index contributed by atoms with van der Waals surface area (Å²) in [5.41, 5.74) is -0.777. The molecule has 0 aliphatic carbocycles. The number of hydrogen-bond donors (Lipinski definition) is 2. The van der Waals surface area contributed by atoms with Gasteiger partial charge in [0.15, 0.2) is 0 Å². The van der Waals surface area contributed by atoms with Crippen LogP contribution in [-0.2, 0) is 15.7 Å². The molecule has 1 aromatic rings. The van der Waals surface area contributed by atoms with Crippen molar-refractivity contribution in [1.82, 2.24) is 10.3 Å². The molecular formula is C15H20F3N3O2. The smallest absolute Gasteiger partial charge is 0.370 e. The van der Waals surface area contributed by atoms with E-state index in [0.29, 0.717) is 31.9 Å². The van der Waals surface area contributed by atoms with Gasteiger partial charge < -0.3 is 15.4 Å². The lowest BCUT2D eigenvalue weighted by Gasteiger charge is -2.14. The van der Waals surface area contributed by atoms with E-state index in [9.17, 15) is 18.0 Å². The largest absolute Gasteiger partial charge is 0.417 e. The van der Waals surface area contributed by atoms with Crippen molar-refractivity contribution in [1.29, 1.82) is 0 Å². The topological polar surface area (TPSA) is 63.2 Å². The Kier molecular flexibility index (Phi) is 5.81. The van der Waals surface area contributed by atoms with E-state index in [0.717, 1.165) is 18.7 Å². The van der Waals surface area contributed by atoms with Crippen LogP contribution in [0, 0.1) is 5.92 Å². The van der Waals surface area contributed by atoms with Crippen molar-refractivity contribution in [2.75, 3.05) is 25.0 Å². The van der Waals surface area contributed by atoms with Crippen LogP contribution in [0.5, 0.6) is 0 Å². The van der Waals surface area contributed by atoms with E-state index in [1.807, 2.05) is 6.92 Å². The molecule has 1 aliphatic rings. The molecule has 8 heteroatoms. The summed E-state index contributed by atoms with van der Waals surface area (Å²) in [6.07, 6.45) is -2.44. The summed E-state index contributed by atoms with van der Waals surface area (Å²) in [6.45, 7) is 3.56. The first kappa shape index (κ1) is 17.5. The first-order valence-corrected chi connectivity index (χ1v) is 7.54. The zero-order chi connectivity index (χ0) is 16.9. The van der Waals surface area contributed by atoms with Gasteiger partial charge in [-0.05, 0) is 30.9 Å². The summed E-state index contributed by atoms with van der Waals surface area (Å²) in [4.78, 5) is 15.6. The number of anilines is 1. The van der Waals surface area contributed by atoms with Crippen LogP contribution in [0.25, 0.3) is 0 Å². The minimum Gasteiger partial charge on any atom is -0.370 e. The van der Waals surface area contributed by atoms with Crippen LogP contribution in [-0.4, -0.2) is 36.7 Å². The van der Waals surface area contributed by atoms with Gasteiger partial charge in [-0.1, -0.05) is 6.92 Å². The van der Waals surface area contributed by atoms with Crippen LogP contribution in [0.1, 0.15) is 25.3 Å². The van der Waals surface area contributed by atoms with Gasteiger partial charge in [-0.2, -0.15) is 13.2 Å². The molecule has 0 aromatic carbocycles. The highest BCUT2D eigenvalue weighted by Crippen LogP contribution is 2.28. The third kappa shape index (κ3) is 5.09. The molecule has 2 heterocycles. The maximum absolute atomic E-state index is 12.4. The van der Waals surface area contributed by atoms with Gasteiger partial charge in [0.1, 0.15) is 11.9 Å². The molecule has 1 amide bonds. The number of nitrogens with one attached hydrogen (secondary N) is 2. The number of nitrogens with zero attached hydrogens (tertiary/aromatic N) is 1. The number of alkyl halides is 3. The monoisotopic (exact) mass is 331 g/mol. The zero-order valence-electron chi connectivity index (χ0n) is 12.8. The molecule has 23 heavy (non-hydrogen) atoms. The standard InChI is InChI=1S/C15H20F3N3O2/c1-10-5-8-23-13(10)14(22)20-7-2-6-19-12-4-3-11(9-21-12)15(16,17)18/h3-4,9-10,13H,2,5-8H2,1H3,(H,19,21)(H,20,22)/t10-,13-/m0/s1. The Balaban J connectivity index is 1.65. The molecule has 1 fully saturated rings. The molecule has 0 bridgehead atoms. The van der Waals surface area contributed by atoms with E-state index >= 15 is 0 Å². The second-order valence-electron chi connectivity index (χ2n) is 5.56. The molecule has 2 rings (SSSR count). The van der Waals surface area contributed by atoms with Gasteiger partial charge in [-0.3, -0.25) is 4.79 Å². The van der Waals surface area contributed by atoms with E-state index in [-0.39, 0.29) is 17.9 Å². The fourth-order valence-electron chi connectivity index (χ4n) is 2.31. The van der Waals surface area contributed by atoms with E-state index in [4.69, 9.17) is 4.74 Å². The number of ether oxygens (including phenoxy) is 1. The van der Waals surface area contributed by atoms with Gasteiger partial charge in [0.05, 0.1) is 5.56 Å². The first-order valence-electron chi connectivity index (χ1n) is 7.54. The Hall–Kier alpha value is -1.83. The second kappa shape index (κ2) is 7.63. The third-order valence-electron chi connectivity index (χ3n) is 3.70. The first-order chi connectivity index (χ1) is 10.9. The van der Waals surface area contributed by atoms with Crippen molar-refractivity contribution >= 4 is 11.7 Å². The molecule has 1 aliphatic heterocycles. The minimum atomic E-state index is -4.38. The fourth-order valence-corrected chi connectivity index (χ4v) is 2.31. The fraction of sp³-hybridized carbons (Fsp3) is 0.600. The predicted octanol–water partition coefficient (Wildman–Crippen LogP) is 2.44. The average molecular weight is 331 g/mol. The van der Waals surface area contributed by atoms with Crippen molar-refractivity contribution in [3.63, 3.8) is 0 Å². The van der Waals surface area contributed by atoms with Crippen molar-refractivity contribution in [2.45, 2.75) is 32.0 Å². The molecule has 2 atom stereocenters. The summed E-state index contributed by atoms with van der Waals surface area (Å²) in [6, 6.07) is 2.27. The summed E-state index contributed by atoms with van der Waals surface area (Å²) in [5.74, 6) is 0.490. The Morgan fingerprint density at radius 3 is 2.74 bits per heavy atom. The van der Waals surface area contributed by atoms with Gasteiger partial charge in [0.25, 0.3) is 0 Å². The Labute approximate surface area is 132 Å². The second-order valence-corrected chi connectivity index (χ2v) is 5.56. The number of pyridine rings is 1. The number of aromatic nitrogens is 1. The van der Waals surface area contributed by atoms with Crippen LogP contribution >= 0.6 is 0 Å². The molecule has 0 spiro atoms. The van der Waals surface area contributed by atoms with E-state index < -0.39 is 11.7 Å². The average Bonchev–Trinajstić information content (AvgIpc) is 2.92. The number of hydrogen-bond acceptors (Lipinski definition) is 4. The molecule has 1 aromatic heterocycles. The van der Waals surface area contributed by atoms with E-state index in [2.05, 4.69) is 15.6 Å². The minimum absolute atomic E-state index is 0.109. The third-order valence-corrected chi connectivity index (χ3v) is 3.70. The van der Waals surface area contributed by atoms with Crippen LogP contribution in [0.2, 0.25) is 0 Å². The summed E-state index contributed by atoms with van der Waals surface area (Å²) in [7, 11) is 0. The summed E-state index contributed by atoms with van der Waals surface area (Å²) >= 11 is 0. The predicted molar refractivity (Wildman–Crippen MR) is 78.9 cm³/mol. The van der Waals surface area contributed by atoms with Gasteiger partial charge in [0.2, 0.25) is 5.91 Å². The normalized spacial score (nSPS) is 21.2. The molecule has 0 radical (unpaired) electrons. The number of carbonyl (C=O) groups is 1.